The Morgan fingerprint density at radius 2 is 2.20 bits per heavy atom. The maximum Gasteiger partial charge on any atom is 0.270 e. The molecule has 0 bridgehead atoms. The molecule has 1 N–H and O–H groups in total. The van der Waals surface area contributed by atoms with Gasteiger partial charge in [0.25, 0.3) is 5.91 Å². The highest BCUT2D eigenvalue weighted by atomic mass is 32.1. The fraction of sp³-hybridized carbons (Fsp3) is 0.176. The van der Waals surface area contributed by atoms with Crippen LogP contribution in [0.25, 0.3) is 15.9 Å². The second kappa shape index (κ2) is 6.14. The molecule has 0 aliphatic carbocycles. The summed E-state index contributed by atoms with van der Waals surface area (Å²) in [6.45, 7) is 2.53. The van der Waals surface area contributed by atoms with Crippen molar-refractivity contribution in [3.8, 4) is 5.88 Å². The van der Waals surface area contributed by atoms with Crippen molar-refractivity contribution < 1.29 is 9.90 Å². The van der Waals surface area contributed by atoms with Crippen molar-refractivity contribution in [3.63, 3.8) is 0 Å². The molecule has 1 aromatic carbocycles. The van der Waals surface area contributed by atoms with Crippen LogP contribution in [-0.2, 0) is 17.8 Å². The molecular weight excluding hydrogens is 338 g/mol. The molecule has 0 fully saturated rings. The summed E-state index contributed by atoms with van der Waals surface area (Å²) in [5, 5.41) is 20.8. The monoisotopic (exact) mass is 353 g/mol. The lowest BCUT2D eigenvalue weighted by Crippen LogP contribution is -1.98. The lowest BCUT2D eigenvalue weighted by Gasteiger charge is -2.00. The Hall–Kier alpha value is -3.00. The average molecular weight is 353 g/mol. The van der Waals surface area contributed by atoms with Gasteiger partial charge < -0.3 is 9.67 Å². The topological polar surface area (TPSA) is 84.2 Å². The Bertz CT molecular complexity index is 1080. The molecule has 8 heteroatoms. The Balaban J connectivity index is 1.60. The first kappa shape index (κ1) is 15.5. The highest BCUT2D eigenvalue weighted by molar-refractivity contribution is 7.15. The Kier molecular flexibility index (Phi) is 3.81. The van der Waals surface area contributed by atoms with Gasteiger partial charge in [-0.2, -0.15) is 0 Å². The van der Waals surface area contributed by atoms with E-state index >= 15 is 0 Å². The fourth-order valence-corrected chi connectivity index (χ4v) is 3.57. The summed E-state index contributed by atoms with van der Waals surface area (Å²) in [6.07, 6.45) is 3.77. The number of thiazole rings is 1. The minimum Gasteiger partial charge on any atom is -0.493 e. The second-order valence-electron chi connectivity index (χ2n) is 5.53. The van der Waals surface area contributed by atoms with Gasteiger partial charge in [0, 0.05) is 29.7 Å². The number of hydrogen-bond donors (Lipinski definition) is 1. The van der Waals surface area contributed by atoms with Crippen molar-refractivity contribution in [2.75, 3.05) is 0 Å². The van der Waals surface area contributed by atoms with E-state index in [9.17, 15) is 9.90 Å². The summed E-state index contributed by atoms with van der Waals surface area (Å²) < 4.78 is 3.60. The van der Waals surface area contributed by atoms with Crippen molar-refractivity contribution in [1.29, 1.82) is 0 Å². The largest absolute Gasteiger partial charge is 0.493 e. The molecule has 0 atom stereocenters. The number of rotatable bonds is 4. The average Bonchev–Trinajstić information content (AvgIpc) is 3.24. The Labute approximate surface area is 146 Å². The van der Waals surface area contributed by atoms with Crippen molar-refractivity contribution >= 4 is 38.8 Å². The summed E-state index contributed by atoms with van der Waals surface area (Å²) in [5.41, 5.74) is 1.82. The number of benzene rings is 1. The van der Waals surface area contributed by atoms with E-state index in [0.29, 0.717) is 17.9 Å². The fourth-order valence-electron chi connectivity index (χ4n) is 2.85. The van der Waals surface area contributed by atoms with Crippen LogP contribution in [0.3, 0.4) is 0 Å². The minimum absolute atomic E-state index is 0.0164. The van der Waals surface area contributed by atoms with Gasteiger partial charge in [0.15, 0.2) is 10.6 Å². The van der Waals surface area contributed by atoms with Crippen LogP contribution in [0.5, 0.6) is 5.88 Å². The maximum atomic E-state index is 12.1. The second-order valence-corrected chi connectivity index (χ2v) is 6.40. The van der Waals surface area contributed by atoms with Crippen LogP contribution >= 0.6 is 11.3 Å². The number of aryl methyl sites for hydroxylation is 1. The molecule has 0 radical (unpaired) electrons. The van der Waals surface area contributed by atoms with Gasteiger partial charge in [0.2, 0.25) is 5.88 Å². The first-order valence-electron chi connectivity index (χ1n) is 7.83. The summed E-state index contributed by atoms with van der Waals surface area (Å²) in [7, 11) is 0. The standard InChI is InChI=1S/C17H15N5O2S/c1-2-22-13-6-4-3-5-12(13)15(16(22)24)20-19-14(23)9-11-10-21-7-8-25-17(21)18-11/h3-8,10,24H,2,9H2,1H3. The molecule has 0 spiro atoms. The molecule has 3 heterocycles. The van der Waals surface area contributed by atoms with Gasteiger partial charge in [-0.25, -0.2) is 4.98 Å². The van der Waals surface area contributed by atoms with Crippen molar-refractivity contribution in [3.05, 3.63) is 47.7 Å². The molecule has 3 aromatic heterocycles. The van der Waals surface area contributed by atoms with Crippen LogP contribution in [0.4, 0.5) is 5.69 Å². The first-order chi connectivity index (χ1) is 12.2. The zero-order chi connectivity index (χ0) is 17.4. The van der Waals surface area contributed by atoms with Crippen LogP contribution < -0.4 is 0 Å². The number of hydrogen-bond acceptors (Lipinski definition) is 5. The number of imidazole rings is 1. The van der Waals surface area contributed by atoms with E-state index < -0.39 is 5.91 Å². The van der Waals surface area contributed by atoms with Gasteiger partial charge in [-0.15, -0.1) is 21.6 Å². The number of aromatic nitrogens is 3. The minimum atomic E-state index is -0.404. The van der Waals surface area contributed by atoms with Crippen LogP contribution in [0.2, 0.25) is 0 Å². The van der Waals surface area contributed by atoms with E-state index in [-0.39, 0.29) is 12.3 Å². The number of carbonyl (C=O) groups is 1. The number of aromatic hydroxyl groups is 1. The summed E-state index contributed by atoms with van der Waals surface area (Å²) in [6, 6.07) is 7.51. The van der Waals surface area contributed by atoms with Crippen LogP contribution in [-0.4, -0.2) is 25.0 Å². The molecule has 0 saturated carbocycles. The number of para-hydroxylation sites is 1. The molecular formula is C17H15N5O2S. The van der Waals surface area contributed by atoms with Crippen LogP contribution in [0.1, 0.15) is 12.6 Å². The van der Waals surface area contributed by atoms with Crippen LogP contribution in [0, 0.1) is 0 Å². The summed E-state index contributed by atoms with van der Waals surface area (Å²) in [4.78, 5) is 17.3. The van der Waals surface area contributed by atoms with Gasteiger partial charge in [0.05, 0.1) is 17.6 Å². The number of amides is 1. The van der Waals surface area contributed by atoms with Gasteiger partial charge in [-0.05, 0) is 13.0 Å². The highest BCUT2D eigenvalue weighted by Gasteiger charge is 2.15. The van der Waals surface area contributed by atoms with Gasteiger partial charge in [0.1, 0.15) is 0 Å². The van der Waals surface area contributed by atoms with E-state index in [4.69, 9.17) is 0 Å². The number of fused-ring (bicyclic) bond motifs is 2. The predicted octanol–water partition coefficient (Wildman–Crippen LogP) is 3.93. The van der Waals surface area contributed by atoms with E-state index in [1.165, 1.54) is 11.3 Å². The molecule has 0 aliphatic rings. The third kappa shape index (κ3) is 2.70. The van der Waals surface area contributed by atoms with Crippen molar-refractivity contribution in [1.82, 2.24) is 14.0 Å². The highest BCUT2D eigenvalue weighted by Crippen LogP contribution is 2.38. The molecule has 7 nitrogen and oxygen atoms in total. The van der Waals surface area contributed by atoms with Gasteiger partial charge in [-0.1, -0.05) is 18.2 Å². The van der Waals surface area contributed by atoms with Gasteiger partial charge >= 0.3 is 0 Å². The molecule has 1 amide bonds. The van der Waals surface area contributed by atoms with E-state index in [1.54, 1.807) is 10.8 Å². The van der Waals surface area contributed by atoms with E-state index in [2.05, 4.69) is 15.2 Å². The molecule has 0 unspecified atom stereocenters. The quantitative estimate of drug-likeness (QED) is 0.564. The number of azo groups is 1. The molecule has 0 aliphatic heterocycles. The van der Waals surface area contributed by atoms with E-state index in [1.807, 2.05) is 47.2 Å². The first-order valence-corrected chi connectivity index (χ1v) is 8.71. The summed E-state index contributed by atoms with van der Waals surface area (Å²) >= 11 is 1.50. The molecule has 4 aromatic rings. The SMILES string of the molecule is CCn1c(O)c(N=NC(=O)Cc2cn3ccsc3n2)c2ccccc21. The van der Waals surface area contributed by atoms with Crippen molar-refractivity contribution in [2.24, 2.45) is 10.2 Å². The maximum absolute atomic E-state index is 12.1. The summed E-state index contributed by atoms with van der Waals surface area (Å²) in [5.74, 6) is -0.388. The third-order valence-corrected chi connectivity index (χ3v) is 4.74. The molecule has 4 rings (SSSR count). The van der Waals surface area contributed by atoms with Gasteiger partial charge in [-0.3, -0.25) is 9.20 Å². The molecule has 0 saturated heterocycles. The third-order valence-electron chi connectivity index (χ3n) is 3.97. The zero-order valence-electron chi connectivity index (χ0n) is 13.5. The number of carbonyl (C=O) groups excluding carboxylic acids is 1. The smallest absolute Gasteiger partial charge is 0.270 e. The Morgan fingerprint density at radius 1 is 1.36 bits per heavy atom. The number of nitrogens with zero attached hydrogens (tertiary/aromatic N) is 5. The lowest BCUT2D eigenvalue weighted by molar-refractivity contribution is -0.117. The molecule has 25 heavy (non-hydrogen) atoms. The Morgan fingerprint density at radius 3 is 3.00 bits per heavy atom. The predicted molar refractivity (Wildman–Crippen MR) is 95.6 cm³/mol. The van der Waals surface area contributed by atoms with Crippen molar-refractivity contribution in [2.45, 2.75) is 19.9 Å². The zero-order valence-corrected chi connectivity index (χ0v) is 14.3. The normalized spacial score (nSPS) is 11.9. The van der Waals surface area contributed by atoms with E-state index in [0.717, 1.165) is 15.9 Å². The van der Waals surface area contributed by atoms with Crippen LogP contribution in [0.15, 0.2) is 52.3 Å². The molecule has 126 valence electrons. The lowest BCUT2D eigenvalue weighted by atomic mass is 10.2.